The van der Waals surface area contributed by atoms with E-state index in [4.69, 9.17) is 14.5 Å². The fourth-order valence-corrected chi connectivity index (χ4v) is 3.70. The number of carbonyl (C=O) groups is 1. The van der Waals surface area contributed by atoms with Crippen LogP contribution in [0.3, 0.4) is 0 Å². The van der Waals surface area contributed by atoms with Crippen LogP contribution in [-0.4, -0.2) is 50.6 Å². The van der Waals surface area contributed by atoms with E-state index in [2.05, 4.69) is 10.1 Å². The lowest BCUT2D eigenvalue weighted by atomic mass is 10.1. The molecule has 0 spiro atoms. The molecule has 1 unspecified atom stereocenters. The minimum atomic E-state index is -0.906. The Labute approximate surface area is 180 Å². The number of anilines is 1. The number of pyridine rings is 2. The maximum atomic E-state index is 13.1. The largest absolute Gasteiger partial charge is 0.491 e. The van der Waals surface area contributed by atoms with Gasteiger partial charge in [0.1, 0.15) is 0 Å². The number of carbonyl (C=O) groups excluding carboxylic acids is 1. The van der Waals surface area contributed by atoms with Crippen molar-refractivity contribution in [2.75, 3.05) is 19.1 Å². The van der Waals surface area contributed by atoms with Gasteiger partial charge in [-0.2, -0.15) is 5.10 Å². The summed E-state index contributed by atoms with van der Waals surface area (Å²) in [6.45, 7) is 5.66. The molecule has 162 valence electrons. The number of methoxy groups -OCH3 is 2. The van der Waals surface area contributed by atoms with E-state index in [1.54, 1.807) is 67.2 Å². The molecule has 3 aromatic heterocycles. The zero-order valence-electron chi connectivity index (χ0n) is 18.2. The van der Waals surface area contributed by atoms with Crippen LogP contribution in [0.1, 0.15) is 42.9 Å². The Morgan fingerprint density at radius 2 is 1.97 bits per heavy atom. The third kappa shape index (κ3) is 3.84. The van der Waals surface area contributed by atoms with Crippen LogP contribution in [0.5, 0.6) is 11.6 Å². The molecule has 9 heteroatoms. The van der Waals surface area contributed by atoms with Crippen molar-refractivity contribution >= 4 is 11.7 Å². The van der Waals surface area contributed by atoms with Crippen LogP contribution in [0.25, 0.3) is 11.3 Å². The summed E-state index contributed by atoms with van der Waals surface area (Å²) in [5.41, 5.74) is 1.75. The summed E-state index contributed by atoms with van der Waals surface area (Å²) >= 11 is 0. The van der Waals surface area contributed by atoms with Gasteiger partial charge in [0.2, 0.25) is 0 Å². The van der Waals surface area contributed by atoms with Crippen LogP contribution in [0.4, 0.5) is 5.82 Å². The molecular weight excluding hydrogens is 398 g/mol. The summed E-state index contributed by atoms with van der Waals surface area (Å²) in [6.07, 6.45) is 3.41. The molecule has 3 aromatic rings. The maximum absolute atomic E-state index is 13.1. The molecule has 0 aromatic carbocycles. The Bertz CT molecular complexity index is 1140. The van der Waals surface area contributed by atoms with E-state index in [1.807, 2.05) is 6.92 Å². The SMILES string of the molecule is COc1cc(-c2ccc3c(n2)C(C)N(c2ccn(CC(C)(C)O)n2)C3=O)cnc1OC. The first-order chi connectivity index (χ1) is 14.7. The normalized spacial score (nSPS) is 15.9. The number of ether oxygens (including phenoxy) is 2. The molecule has 31 heavy (non-hydrogen) atoms. The number of rotatable bonds is 6. The molecular formula is C22H25N5O4. The van der Waals surface area contributed by atoms with Crippen molar-refractivity contribution in [1.29, 1.82) is 0 Å². The van der Waals surface area contributed by atoms with E-state index >= 15 is 0 Å². The fourth-order valence-electron chi connectivity index (χ4n) is 3.70. The summed E-state index contributed by atoms with van der Waals surface area (Å²) < 4.78 is 12.2. The van der Waals surface area contributed by atoms with Gasteiger partial charge in [-0.25, -0.2) is 9.97 Å². The monoisotopic (exact) mass is 423 g/mol. The molecule has 0 radical (unpaired) electrons. The smallest absolute Gasteiger partial charge is 0.262 e. The Balaban J connectivity index is 1.66. The lowest BCUT2D eigenvalue weighted by Gasteiger charge is -2.19. The molecule has 1 aliphatic rings. The summed E-state index contributed by atoms with van der Waals surface area (Å²) in [4.78, 5) is 23.7. The second kappa shape index (κ2) is 7.66. The van der Waals surface area contributed by atoms with Gasteiger partial charge < -0.3 is 14.6 Å². The lowest BCUT2D eigenvalue weighted by molar-refractivity contribution is 0.0578. The highest BCUT2D eigenvalue weighted by Gasteiger charge is 2.38. The predicted molar refractivity (Wildman–Crippen MR) is 114 cm³/mol. The molecule has 0 aliphatic carbocycles. The molecule has 9 nitrogen and oxygen atoms in total. The molecule has 0 fully saturated rings. The lowest BCUT2D eigenvalue weighted by Crippen LogP contribution is -2.28. The van der Waals surface area contributed by atoms with Gasteiger partial charge >= 0.3 is 0 Å². The van der Waals surface area contributed by atoms with Crippen LogP contribution in [-0.2, 0) is 6.54 Å². The van der Waals surface area contributed by atoms with Crippen molar-refractivity contribution in [3.63, 3.8) is 0 Å². The van der Waals surface area contributed by atoms with Crippen LogP contribution >= 0.6 is 0 Å². The van der Waals surface area contributed by atoms with Crippen molar-refractivity contribution in [2.24, 2.45) is 0 Å². The number of aromatic nitrogens is 4. The summed E-state index contributed by atoms with van der Waals surface area (Å²) in [5, 5.41) is 14.5. The standard InChI is InChI=1S/C22H25N5O4/c1-13-19-15(21(28)27(13)18-8-9-26(25-18)12-22(2,3)29)6-7-16(24-19)14-10-17(30-4)20(31-5)23-11-14/h6-11,13,29H,12H2,1-5H3. The number of amides is 1. The topological polar surface area (TPSA) is 103 Å². The number of hydrogen-bond donors (Lipinski definition) is 1. The Morgan fingerprint density at radius 3 is 2.65 bits per heavy atom. The fraction of sp³-hybridized carbons (Fsp3) is 0.364. The summed E-state index contributed by atoms with van der Waals surface area (Å²) in [5.74, 6) is 1.27. The first-order valence-electron chi connectivity index (χ1n) is 9.90. The van der Waals surface area contributed by atoms with Gasteiger partial charge in [0.05, 0.1) is 49.4 Å². The molecule has 0 saturated carbocycles. The Morgan fingerprint density at radius 1 is 1.19 bits per heavy atom. The van der Waals surface area contributed by atoms with Crippen molar-refractivity contribution in [3.8, 4) is 22.9 Å². The third-order valence-electron chi connectivity index (χ3n) is 5.11. The first-order valence-corrected chi connectivity index (χ1v) is 9.90. The molecule has 0 bridgehead atoms. The Kier molecular flexibility index (Phi) is 5.14. The highest BCUT2D eigenvalue weighted by Crippen LogP contribution is 2.37. The zero-order chi connectivity index (χ0) is 22.3. The van der Waals surface area contributed by atoms with Gasteiger partial charge in [-0.15, -0.1) is 0 Å². The summed E-state index contributed by atoms with van der Waals surface area (Å²) in [7, 11) is 3.08. The molecule has 1 N–H and O–H groups in total. The van der Waals surface area contributed by atoms with E-state index in [-0.39, 0.29) is 11.9 Å². The van der Waals surface area contributed by atoms with Gasteiger partial charge in [0.25, 0.3) is 11.8 Å². The highest BCUT2D eigenvalue weighted by atomic mass is 16.5. The molecule has 4 rings (SSSR count). The highest BCUT2D eigenvalue weighted by molar-refractivity contribution is 6.10. The van der Waals surface area contributed by atoms with Crippen LogP contribution in [0.2, 0.25) is 0 Å². The van der Waals surface area contributed by atoms with Gasteiger partial charge in [-0.1, -0.05) is 0 Å². The number of hydrogen-bond acceptors (Lipinski definition) is 7. The van der Waals surface area contributed by atoms with Gasteiger partial charge in [-0.3, -0.25) is 14.4 Å². The second-order valence-corrected chi connectivity index (χ2v) is 8.10. The number of fused-ring (bicyclic) bond motifs is 1. The molecule has 4 heterocycles. The summed E-state index contributed by atoms with van der Waals surface area (Å²) in [6, 6.07) is 6.86. The van der Waals surface area contributed by atoms with Crippen LogP contribution < -0.4 is 14.4 Å². The van der Waals surface area contributed by atoms with E-state index in [0.29, 0.717) is 40.9 Å². The average Bonchev–Trinajstić information content (AvgIpc) is 3.27. The van der Waals surface area contributed by atoms with E-state index in [0.717, 1.165) is 5.56 Å². The van der Waals surface area contributed by atoms with Crippen molar-refractivity contribution in [1.82, 2.24) is 19.7 Å². The number of aliphatic hydroxyl groups is 1. The van der Waals surface area contributed by atoms with E-state index < -0.39 is 5.60 Å². The van der Waals surface area contributed by atoms with Crippen molar-refractivity contribution in [2.45, 2.75) is 39.0 Å². The zero-order valence-corrected chi connectivity index (χ0v) is 18.2. The number of nitrogens with zero attached hydrogens (tertiary/aromatic N) is 5. The first kappa shape index (κ1) is 20.8. The van der Waals surface area contributed by atoms with E-state index in [9.17, 15) is 9.90 Å². The van der Waals surface area contributed by atoms with Gasteiger partial charge in [0.15, 0.2) is 11.6 Å². The van der Waals surface area contributed by atoms with Gasteiger partial charge in [0, 0.05) is 24.0 Å². The van der Waals surface area contributed by atoms with Crippen LogP contribution in [0, 0.1) is 0 Å². The Hall–Kier alpha value is -3.46. The van der Waals surface area contributed by atoms with E-state index in [1.165, 1.54) is 7.11 Å². The molecule has 1 atom stereocenters. The molecule has 1 aliphatic heterocycles. The maximum Gasteiger partial charge on any atom is 0.262 e. The van der Waals surface area contributed by atoms with Gasteiger partial charge in [-0.05, 0) is 39.0 Å². The van der Waals surface area contributed by atoms with Crippen LogP contribution in [0.15, 0.2) is 36.7 Å². The third-order valence-corrected chi connectivity index (χ3v) is 5.11. The van der Waals surface area contributed by atoms with Crippen molar-refractivity contribution < 1.29 is 19.4 Å². The quantitative estimate of drug-likeness (QED) is 0.650. The minimum absolute atomic E-state index is 0.152. The molecule has 1 amide bonds. The average molecular weight is 423 g/mol. The molecule has 0 saturated heterocycles. The predicted octanol–water partition coefficient (Wildman–Crippen LogP) is 2.85. The minimum Gasteiger partial charge on any atom is -0.491 e. The van der Waals surface area contributed by atoms with Crippen molar-refractivity contribution in [3.05, 3.63) is 47.9 Å². The second-order valence-electron chi connectivity index (χ2n) is 8.10.